The number of ketones is 1. The third kappa shape index (κ3) is 3.51. The summed E-state index contributed by atoms with van der Waals surface area (Å²) in [6, 6.07) is 10.8. The van der Waals surface area contributed by atoms with Crippen molar-refractivity contribution in [3.05, 3.63) is 64.7 Å². The van der Waals surface area contributed by atoms with Crippen LogP contribution in [-0.2, 0) is 0 Å². The fourth-order valence-corrected chi connectivity index (χ4v) is 2.89. The Morgan fingerprint density at radius 1 is 0.889 bits per heavy atom. The minimum Gasteiger partial charge on any atom is -0.347 e. The minimum atomic E-state index is -0.508. The number of anilines is 1. The zero-order valence-corrected chi connectivity index (χ0v) is 15.6. The summed E-state index contributed by atoms with van der Waals surface area (Å²) >= 11 is 0. The second-order valence-electron chi connectivity index (χ2n) is 7.52. The normalized spacial score (nSPS) is 13.6. The van der Waals surface area contributed by atoms with Crippen LogP contribution in [0.2, 0.25) is 0 Å². The predicted molar refractivity (Wildman–Crippen MR) is 101 cm³/mol. The number of fused-ring (bicyclic) bond motifs is 1. The number of nitrogens with one attached hydrogen (secondary N) is 1. The van der Waals surface area contributed by atoms with Crippen molar-refractivity contribution in [2.45, 2.75) is 33.2 Å². The van der Waals surface area contributed by atoms with Crippen LogP contribution in [0.25, 0.3) is 0 Å². The standard InChI is InChI=1S/C21H20N2O4/c1-12(24)13-8-9-16-17(11-13)20(27)23(19(16)26)15-7-5-6-14(10-15)18(25)22-21(2,3)4/h5-11H,1-4H3,(H,22,25). The van der Waals surface area contributed by atoms with Gasteiger partial charge in [-0.25, -0.2) is 4.90 Å². The second kappa shape index (κ2) is 6.46. The summed E-state index contributed by atoms with van der Waals surface area (Å²) in [5, 5.41) is 2.85. The van der Waals surface area contributed by atoms with Gasteiger partial charge >= 0.3 is 0 Å². The summed E-state index contributed by atoms with van der Waals surface area (Å²) in [6.45, 7) is 7.00. The fraction of sp³-hybridized carbons (Fsp3) is 0.238. The molecule has 3 rings (SSSR count). The van der Waals surface area contributed by atoms with Gasteiger partial charge < -0.3 is 5.32 Å². The molecule has 6 heteroatoms. The monoisotopic (exact) mass is 364 g/mol. The number of hydrogen-bond acceptors (Lipinski definition) is 4. The van der Waals surface area contributed by atoms with Crippen molar-refractivity contribution in [3.8, 4) is 0 Å². The molecule has 3 amide bonds. The SMILES string of the molecule is CC(=O)c1ccc2c(c1)C(=O)N(c1cccc(C(=O)NC(C)(C)C)c1)C2=O. The van der Waals surface area contributed by atoms with Gasteiger partial charge in [-0.15, -0.1) is 0 Å². The first-order chi connectivity index (χ1) is 12.6. The Balaban J connectivity index is 1.97. The van der Waals surface area contributed by atoms with Crippen molar-refractivity contribution in [1.29, 1.82) is 0 Å². The zero-order chi connectivity index (χ0) is 19.9. The van der Waals surface area contributed by atoms with Gasteiger partial charge in [0.25, 0.3) is 17.7 Å². The van der Waals surface area contributed by atoms with E-state index in [0.29, 0.717) is 16.8 Å². The molecule has 0 unspecified atom stereocenters. The Labute approximate surface area is 157 Å². The van der Waals surface area contributed by atoms with Crippen LogP contribution in [0.3, 0.4) is 0 Å². The lowest BCUT2D eigenvalue weighted by Crippen LogP contribution is -2.40. The number of carbonyl (C=O) groups excluding carboxylic acids is 4. The highest BCUT2D eigenvalue weighted by molar-refractivity contribution is 6.34. The molecule has 0 atom stereocenters. The summed E-state index contributed by atoms with van der Waals surface area (Å²) in [6.07, 6.45) is 0. The molecule has 1 N–H and O–H groups in total. The van der Waals surface area contributed by atoms with E-state index in [4.69, 9.17) is 0 Å². The maximum atomic E-state index is 12.8. The van der Waals surface area contributed by atoms with Crippen LogP contribution in [0.4, 0.5) is 5.69 Å². The van der Waals surface area contributed by atoms with Gasteiger partial charge in [-0.3, -0.25) is 19.2 Å². The molecule has 0 saturated heterocycles. The molecular weight excluding hydrogens is 344 g/mol. The molecule has 1 heterocycles. The molecule has 1 aliphatic heterocycles. The van der Waals surface area contributed by atoms with Crippen LogP contribution < -0.4 is 10.2 Å². The third-order valence-corrected chi connectivity index (χ3v) is 4.15. The zero-order valence-electron chi connectivity index (χ0n) is 15.6. The lowest BCUT2D eigenvalue weighted by molar-refractivity contribution is 0.0906. The van der Waals surface area contributed by atoms with Gasteiger partial charge in [0.1, 0.15) is 0 Å². The molecular formula is C21H20N2O4. The molecule has 2 aromatic carbocycles. The molecule has 0 fully saturated rings. The van der Waals surface area contributed by atoms with Crippen LogP contribution in [0.1, 0.15) is 69.1 Å². The van der Waals surface area contributed by atoms with Crippen molar-refractivity contribution in [1.82, 2.24) is 5.32 Å². The molecule has 0 aliphatic carbocycles. The number of hydrogen-bond donors (Lipinski definition) is 1. The number of carbonyl (C=O) groups is 4. The van der Waals surface area contributed by atoms with Crippen LogP contribution in [0, 0.1) is 0 Å². The molecule has 27 heavy (non-hydrogen) atoms. The van der Waals surface area contributed by atoms with Crippen LogP contribution >= 0.6 is 0 Å². The molecule has 1 aliphatic rings. The lowest BCUT2D eigenvalue weighted by atomic mass is 10.0. The first-order valence-corrected chi connectivity index (χ1v) is 8.55. The highest BCUT2D eigenvalue weighted by Crippen LogP contribution is 2.29. The van der Waals surface area contributed by atoms with Crippen molar-refractivity contribution < 1.29 is 19.2 Å². The molecule has 0 spiro atoms. The first kappa shape index (κ1) is 18.5. The molecule has 0 aromatic heterocycles. The summed E-state index contributed by atoms with van der Waals surface area (Å²) in [5.41, 5.74) is 1.06. The van der Waals surface area contributed by atoms with Crippen molar-refractivity contribution in [2.75, 3.05) is 4.90 Å². The number of amides is 3. The van der Waals surface area contributed by atoms with E-state index < -0.39 is 17.4 Å². The van der Waals surface area contributed by atoms with Gasteiger partial charge in [-0.1, -0.05) is 12.1 Å². The Bertz CT molecular complexity index is 986. The Kier molecular flexibility index (Phi) is 4.43. The minimum absolute atomic E-state index is 0.183. The fourth-order valence-electron chi connectivity index (χ4n) is 2.89. The van der Waals surface area contributed by atoms with Crippen molar-refractivity contribution in [3.63, 3.8) is 0 Å². The van der Waals surface area contributed by atoms with E-state index in [9.17, 15) is 19.2 Å². The van der Waals surface area contributed by atoms with Crippen LogP contribution in [0.5, 0.6) is 0 Å². The molecule has 0 radical (unpaired) electrons. The molecule has 2 aromatic rings. The second-order valence-corrected chi connectivity index (χ2v) is 7.52. The number of Topliss-reactive ketones (excluding diaryl/α,β-unsaturated/α-hetero) is 1. The molecule has 138 valence electrons. The third-order valence-electron chi connectivity index (χ3n) is 4.15. The Hall–Kier alpha value is -3.28. The smallest absolute Gasteiger partial charge is 0.266 e. The van der Waals surface area contributed by atoms with Crippen LogP contribution in [0.15, 0.2) is 42.5 Å². The quantitative estimate of drug-likeness (QED) is 0.669. The topological polar surface area (TPSA) is 83.6 Å². The summed E-state index contributed by atoms with van der Waals surface area (Å²) < 4.78 is 0. The van der Waals surface area contributed by atoms with Crippen molar-refractivity contribution >= 4 is 29.2 Å². The summed E-state index contributed by atoms with van der Waals surface area (Å²) in [5.74, 6) is -1.46. The van der Waals surface area contributed by atoms with E-state index >= 15 is 0 Å². The first-order valence-electron chi connectivity index (χ1n) is 8.55. The lowest BCUT2D eigenvalue weighted by Gasteiger charge is -2.21. The molecule has 0 saturated carbocycles. The van der Waals surface area contributed by atoms with E-state index in [-0.39, 0.29) is 22.8 Å². The number of nitrogens with zero attached hydrogens (tertiary/aromatic N) is 1. The van der Waals surface area contributed by atoms with Gasteiger partial charge in [-0.05, 0) is 58.0 Å². The molecule has 0 bridgehead atoms. The summed E-state index contributed by atoms with van der Waals surface area (Å²) in [4.78, 5) is 50.5. The van der Waals surface area contributed by atoms with Gasteiger partial charge in [0.15, 0.2) is 5.78 Å². The van der Waals surface area contributed by atoms with Gasteiger partial charge in [0.05, 0.1) is 16.8 Å². The van der Waals surface area contributed by atoms with E-state index in [2.05, 4.69) is 5.32 Å². The largest absolute Gasteiger partial charge is 0.347 e. The van der Waals surface area contributed by atoms with E-state index in [1.165, 1.54) is 31.2 Å². The van der Waals surface area contributed by atoms with Gasteiger partial charge in [0, 0.05) is 16.7 Å². The van der Waals surface area contributed by atoms with Gasteiger partial charge in [0.2, 0.25) is 0 Å². The Morgan fingerprint density at radius 3 is 2.19 bits per heavy atom. The average Bonchev–Trinajstić information content (AvgIpc) is 2.84. The predicted octanol–water partition coefficient (Wildman–Crippen LogP) is 3.22. The van der Waals surface area contributed by atoms with Crippen LogP contribution in [-0.4, -0.2) is 29.0 Å². The number of benzene rings is 2. The Morgan fingerprint density at radius 2 is 1.56 bits per heavy atom. The van der Waals surface area contributed by atoms with E-state index in [1.807, 2.05) is 20.8 Å². The average molecular weight is 364 g/mol. The highest BCUT2D eigenvalue weighted by atomic mass is 16.2. The summed E-state index contributed by atoms with van der Waals surface area (Å²) in [7, 11) is 0. The van der Waals surface area contributed by atoms with Gasteiger partial charge in [-0.2, -0.15) is 0 Å². The number of imide groups is 1. The highest BCUT2D eigenvalue weighted by Gasteiger charge is 2.37. The molecule has 6 nitrogen and oxygen atoms in total. The van der Waals surface area contributed by atoms with E-state index in [1.54, 1.807) is 18.2 Å². The maximum absolute atomic E-state index is 12.8. The van der Waals surface area contributed by atoms with Crippen molar-refractivity contribution in [2.24, 2.45) is 0 Å². The maximum Gasteiger partial charge on any atom is 0.266 e. The van der Waals surface area contributed by atoms with E-state index in [0.717, 1.165) is 4.90 Å². The number of rotatable bonds is 3.